The zero-order chi connectivity index (χ0) is 27.1. The molecule has 14 nitrogen and oxygen atoms in total. The number of aromatic nitrogens is 4. The van der Waals surface area contributed by atoms with Crippen LogP contribution >= 0.6 is 0 Å². The molecule has 3 atom stereocenters. The topological polar surface area (TPSA) is 190 Å². The number of ether oxygens (including phenoxy) is 4. The Morgan fingerprint density at radius 2 is 1.76 bits per heavy atom. The first-order valence-corrected chi connectivity index (χ1v) is 12.6. The molecule has 0 aliphatic carbocycles. The third kappa shape index (κ3) is 5.67. The number of fused-ring (bicyclic) bond motifs is 3. The van der Waals surface area contributed by atoms with E-state index in [0.29, 0.717) is 31.2 Å². The van der Waals surface area contributed by atoms with E-state index in [9.17, 15) is 9.59 Å². The second-order valence-corrected chi connectivity index (χ2v) is 9.49. The summed E-state index contributed by atoms with van der Waals surface area (Å²) in [5.74, 6) is 0.342. The van der Waals surface area contributed by atoms with Crippen molar-refractivity contribution in [1.29, 1.82) is 0 Å². The second-order valence-electron chi connectivity index (χ2n) is 8.74. The smallest absolute Gasteiger partial charge is 0.352 e. The molecule has 202 valence electrons. The van der Waals surface area contributed by atoms with E-state index in [4.69, 9.17) is 37.6 Å². The Morgan fingerprint density at radius 1 is 1.08 bits per heavy atom. The lowest BCUT2D eigenvalue weighted by Crippen LogP contribution is -2.68. The number of hydrogen-bond donors (Lipinski definition) is 0. The summed E-state index contributed by atoms with van der Waals surface area (Å²) in [5, 5.41) is 0. The van der Waals surface area contributed by atoms with E-state index in [1.165, 1.54) is 7.05 Å². The molecule has 2 fully saturated rings. The Morgan fingerprint density at radius 3 is 2.43 bits per heavy atom. The van der Waals surface area contributed by atoms with Gasteiger partial charge in [-0.2, -0.15) is 9.55 Å². The Labute approximate surface area is 212 Å². The van der Waals surface area contributed by atoms with Gasteiger partial charge < -0.3 is 23.5 Å². The standard InChI is InChI=1S/C22H27N4O6.ClHO4/c1-5-25-14-6-12(2)13(3)7-15(14)26(20-18(25)21(27)24(4)22(28)23-20)8-16-19-17(31-11-30-16)9-29-10-32-19;2-1(3,4)5/h6-7,16-17,19H,5,8-11H2,1-4H3;(H,2,3,4,5)/q+1;/p-1/t16-,17+,19-;/m0./s1. The average molecular weight is 543 g/mol. The van der Waals surface area contributed by atoms with Crippen LogP contribution in [0.25, 0.3) is 22.6 Å². The molecule has 2 saturated heterocycles. The molecule has 1 aromatic carbocycles. The first kappa shape index (κ1) is 27.5. The van der Waals surface area contributed by atoms with Gasteiger partial charge in [0.1, 0.15) is 44.0 Å². The van der Waals surface area contributed by atoms with E-state index in [1.807, 2.05) is 29.9 Å². The van der Waals surface area contributed by atoms with Crippen LogP contribution in [0.2, 0.25) is 0 Å². The van der Waals surface area contributed by atoms with Crippen molar-refractivity contribution in [3.05, 3.63) is 44.1 Å². The third-order valence-electron chi connectivity index (χ3n) is 6.51. The quantitative estimate of drug-likeness (QED) is 0.229. The largest absolute Gasteiger partial charge is 0.353 e. The highest BCUT2D eigenvalue weighted by molar-refractivity contribution is 5.77. The van der Waals surface area contributed by atoms with Gasteiger partial charge in [0.15, 0.2) is 0 Å². The van der Waals surface area contributed by atoms with E-state index >= 15 is 0 Å². The average Bonchev–Trinajstić information content (AvgIpc) is 2.83. The van der Waals surface area contributed by atoms with E-state index in [1.54, 1.807) is 0 Å². The van der Waals surface area contributed by atoms with Gasteiger partial charge in [-0.15, -0.1) is 10.2 Å². The SMILES string of the molecule is CC[n+]1c2c(=O)n(C)c(=O)nc-2n(C[C@@H]2OCO[C@@H]3COCO[C@@H]23)c2cc(C)c(C)cc21.[O-][Cl+3]([O-])([O-])[O-]. The van der Waals surface area contributed by atoms with Crippen molar-refractivity contribution in [2.45, 2.75) is 52.2 Å². The first-order chi connectivity index (χ1) is 17.4. The van der Waals surface area contributed by atoms with Crippen molar-refractivity contribution < 1.29 is 52.4 Å². The van der Waals surface area contributed by atoms with Gasteiger partial charge in [0.05, 0.1) is 13.2 Å². The zero-order valence-corrected chi connectivity index (χ0v) is 21.4. The fourth-order valence-corrected chi connectivity index (χ4v) is 4.58. The molecule has 0 radical (unpaired) electrons. The van der Waals surface area contributed by atoms with Crippen LogP contribution < -0.4 is 34.5 Å². The summed E-state index contributed by atoms with van der Waals surface area (Å²) in [7, 11) is -3.49. The molecule has 0 spiro atoms. The van der Waals surface area contributed by atoms with E-state index < -0.39 is 15.9 Å². The molecule has 1 aromatic rings. The Bertz CT molecular complexity index is 1380. The monoisotopic (exact) mass is 542 g/mol. The number of halogens is 1. The lowest BCUT2D eigenvalue weighted by molar-refractivity contribution is -2.00. The summed E-state index contributed by atoms with van der Waals surface area (Å²) in [5.41, 5.74) is 3.43. The lowest BCUT2D eigenvalue weighted by Gasteiger charge is -2.40. The molecule has 4 aliphatic heterocycles. The number of hydrogen-bond acceptors (Lipinski definition) is 11. The predicted octanol–water partition coefficient (Wildman–Crippen LogP) is -4.52. The Balaban J connectivity index is 0.000000586. The van der Waals surface area contributed by atoms with Crippen molar-refractivity contribution >= 4 is 11.0 Å². The van der Waals surface area contributed by atoms with E-state index in [0.717, 1.165) is 26.7 Å². The highest BCUT2D eigenvalue weighted by atomic mass is 35.7. The van der Waals surface area contributed by atoms with Crippen LogP contribution in [0.4, 0.5) is 0 Å². The molecule has 0 N–H and O–H groups in total. The predicted molar refractivity (Wildman–Crippen MR) is 114 cm³/mol. The summed E-state index contributed by atoms with van der Waals surface area (Å²) >= 11 is 0. The minimum atomic E-state index is -4.94. The molecular weight excluding hydrogens is 516 g/mol. The molecule has 0 amide bonds. The lowest BCUT2D eigenvalue weighted by atomic mass is 10.0. The number of aryl methyl sites for hydroxylation is 3. The summed E-state index contributed by atoms with van der Waals surface area (Å²) in [4.78, 5) is 30.0. The summed E-state index contributed by atoms with van der Waals surface area (Å²) < 4.78 is 61.6. The van der Waals surface area contributed by atoms with Crippen LogP contribution in [0.3, 0.4) is 0 Å². The second kappa shape index (κ2) is 10.7. The zero-order valence-electron chi connectivity index (χ0n) is 20.7. The van der Waals surface area contributed by atoms with E-state index in [2.05, 4.69) is 17.1 Å². The number of rotatable bonds is 3. The third-order valence-corrected chi connectivity index (χ3v) is 6.51. The van der Waals surface area contributed by atoms with Crippen LogP contribution in [0.15, 0.2) is 21.7 Å². The molecule has 0 unspecified atom stereocenters. The van der Waals surface area contributed by atoms with Crippen molar-refractivity contribution in [2.24, 2.45) is 7.05 Å². The Kier molecular flexibility index (Phi) is 7.94. The number of benzene rings is 1. The van der Waals surface area contributed by atoms with Gasteiger partial charge in [0, 0.05) is 13.1 Å². The van der Waals surface area contributed by atoms with Crippen molar-refractivity contribution in [3.8, 4) is 11.5 Å². The van der Waals surface area contributed by atoms with Crippen LogP contribution in [-0.2, 0) is 39.1 Å². The fourth-order valence-electron chi connectivity index (χ4n) is 4.58. The van der Waals surface area contributed by atoms with Crippen LogP contribution in [0.1, 0.15) is 18.1 Å². The molecular formula is C22H27ClN4O10. The summed E-state index contributed by atoms with van der Waals surface area (Å²) in [6.07, 6.45) is -0.905. The van der Waals surface area contributed by atoms with Crippen molar-refractivity contribution in [2.75, 3.05) is 20.2 Å². The van der Waals surface area contributed by atoms with Gasteiger partial charge in [-0.3, -0.25) is 9.36 Å². The van der Waals surface area contributed by atoms with Gasteiger partial charge in [0.2, 0.25) is 11.3 Å². The molecule has 0 saturated carbocycles. The van der Waals surface area contributed by atoms with Gasteiger partial charge >= 0.3 is 16.9 Å². The van der Waals surface area contributed by atoms with Crippen LogP contribution in [-0.4, -0.2) is 52.6 Å². The Hall–Kier alpha value is -2.53. The normalized spacial score (nSPS) is 22.0. The van der Waals surface area contributed by atoms with E-state index in [-0.39, 0.29) is 37.5 Å². The van der Waals surface area contributed by atoms with Gasteiger partial charge in [-0.05, 0) is 38.0 Å². The highest BCUT2D eigenvalue weighted by Crippen LogP contribution is 2.27. The maximum absolute atomic E-state index is 13.2. The fraction of sp³-hybridized carbons (Fsp3) is 0.545. The minimum absolute atomic E-state index is 0.122. The van der Waals surface area contributed by atoms with Crippen molar-refractivity contribution in [1.82, 2.24) is 14.1 Å². The summed E-state index contributed by atoms with van der Waals surface area (Å²) in [6, 6.07) is 4.15. The van der Waals surface area contributed by atoms with Crippen molar-refractivity contribution in [3.63, 3.8) is 0 Å². The number of nitrogens with zero attached hydrogens (tertiary/aromatic N) is 4. The molecule has 0 aromatic heterocycles. The van der Waals surface area contributed by atoms with Gasteiger partial charge in [-0.25, -0.2) is 23.4 Å². The van der Waals surface area contributed by atoms with Crippen LogP contribution in [0, 0.1) is 24.1 Å². The minimum Gasteiger partial charge on any atom is -0.353 e. The molecule has 0 bridgehead atoms. The van der Waals surface area contributed by atoms with Gasteiger partial charge in [-0.1, -0.05) is 0 Å². The molecule has 4 heterocycles. The maximum atomic E-state index is 13.2. The highest BCUT2D eigenvalue weighted by Gasteiger charge is 2.40. The van der Waals surface area contributed by atoms with Crippen LogP contribution in [0.5, 0.6) is 0 Å². The summed E-state index contributed by atoms with van der Waals surface area (Å²) in [6.45, 7) is 7.70. The first-order valence-electron chi connectivity index (χ1n) is 11.4. The maximum Gasteiger partial charge on any atom is 0.352 e. The van der Waals surface area contributed by atoms with Gasteiger partial charge in [0.25, 0.3) is 0 Å². The molecule has 37 heavy (non-hydrogen) atoms. The molecule has 15 heteroatoms. The molecule has 5 rings (SSSR count). The molecule has 4 aliphatic rings.